The largest absolute Gasteiger partial charge is 0.481 e. The predicted octanol–water partition coefficient (Wildman–Crippen LogP) is 3.50. The van der Waals surface area contributed by atoms with Gasteiger partial charge in [0.15, 0.2) is 0 Å². The van der Waals surface area contributed by atoms with Crippen LogP contribution in [0.1, 0.15) is 23.6 Å². The molecule has 1 N–H and O–H groups in total. The lowest BCUT2D eigenvalue weighted by molar-refractivity contribution is -0.116. The maximum Gasteiger partial charge on any atom is 0.226 e. The molecule has 0 saturated carbocycles. The van der Waals surface area contributed by atoms with E-state index in [1.165, 1.54) is 12.4 Å². The molecule has 4 rings (SSSR count). The number of amides is 1. The molecular weight excluding hydrogens is 345 g/mol. The van der Waals surface area contributed by atoms with Crippen LogP contribution in [0.2, 0.25) is 0 Å². The summed E-state index contributed by atoms with van der Waals surface area (Å²) in [5, 5.41) is 2.82. The zero-order valence-corrected chi connectivity index (χ0v) is 14.4. The minimum Gasteiger partial charge on any atom is -0.481 e. The van der Waals surface area contributed by atoms with Crippen molar-refractivity contribution >= 4 is 11.7 Å². The SMILES string of the molecule is C#CCOc1ccc(C2CC(=O)Nc3c2ncn3-c2ccccc2F)cc1. The van der Waals surface area contributed by atoms with Crippen molar-refractivity contribution in [1.29, 1.82) is 0 Å². The lowest BCUT2D eigenvalue weighted by Gasteiger charge is -2.23. The van der Waals surface area contributed by atoms with E-state index in [4.69, 9.17) is 11.2 Å². The number of aromatic nitrogens is 2. The van der Waals surface area contributed by atoms with E-state index in [1.807, 2.05) is 24.3 Å². The first-order chi connectivity index (χ1) is 13.2. The highest BCUT2D eigenvalue weighted by molar-refractivity contribution is 5.94. The number of para-hydroxylation sites is 1. The number of fused-ring (bicyclic) bond motifs is 1. The van der Waals surface area contributed by atoms with Gasteiger partial charge in [-0.25, -0.2) is 9.37 Å². The Morgan fingerprint density at radius 1 is 1.26 bits per heavy atom. The Morgan fingerprint density at radius 2 is 2.04 bits per heavy atom. The van der Waals surface area contributed by atoms with Crippen molar-refractivity contribution in [1.82, 2.24) is 9.55 Å². The zero-order chi connectivity index (χ0) is 18.8. The van der Waals surface area contributed by atoms with Gasteiger partial charge in [0.25, 0.3) is 0 Å². The molecule has 0 spiro atoms. The first-order valence-electron chi connectivity index (χ1n) is 8.45. The lowest BCUT2D eigenvalue weighted by Crippen LogP contribution is -2.25. The maximum absolute atomic E-state index is 14.2. The molecule has 1 aliphatic rings. The number of ether oxygens (including phenoxy) is 1. The number of imidazole rings is 1. The van der Waals surface area contributed by atoms with Gasteiger partial charge in [-0.1, -0.05) is 30.2 Å². The topological polar surface area (TPSA) is 56.1 Å². The van der Waals surface area contributed by atoms with Crippen LogP contribution < -0.4 is 10.1 Å². The monoisotopic (exact) mass is 361 g/mol. The van der Waals surface area contributed by atoms with Gasteiger partial charge in [0, 0.05) is 12.3 Å². The van der Waals surface area contributed by atoms with Crippen LogP contribution in [0.25, 0.3) is 5.69 Å². The molecule has 0 saturated heterocycles. The lowest BCUT2D eigenvalue weighted by atomic mass is 9.90. The van der Waals surface area contributed by atoms with Crippen LogP contribution in [-0.4, -0.2) is 22.1 Å². The minimum absolute atomic E-state index is 0.141. The van der Waals surface area contributed by atoms with E-state index in [9.17, 15) is 9.18 Å². The molecule has 0 radical (unpaired) electrons. The number of benzene rings is 2. The van der Waals surface area contributed by atoms with E-state index in [0.29, 0.717) is 22.9 Å². The number of nitrogens with one attached hydrogen (secondary N) is 1. The van der Waals surface area contributed by atoms with Crippen molar-refractivity contribution in [3.63, 3.8) is 0 Å². The van der Waals surface area contributed by atoms with Crippen molar-refractivity contribution in [2.75, 3.05) is 11.9 Å². The molecule has 2 heterocycles. The van der Waals surface area contributed by atoms with E-state index in [0.717, 1.165) is 5.56 Å². The molecule has 2 aromatic carbocycles. The van der Waals surface area contributed by atoms with Gasteiger partial charge in [-0.15, -0.1) is 6.42 Å². The Morgan fingerprint density at radius 3 is 2.78 bits per heavy atom. The molecule has 0 bridgehead atoms. The maximum atomic E-state index is 14.2. The van der Waals surface area contributed by atoms with Gasteiger partial charge in [-0.2, -0.15) is 0 Å². The molecule has 6 heteroatoms. The molecule has 1 amide bonds. The standard InChI is InChI=1S/C21H16FN3O2/c1-2-11-27-15-9-7-14(8-10-15)16-12-19(26)24-21-20(16)23-13-25(21)18-6-4-3-5-17(18)22/h1,3-10,13,16H,11-12H2,(H,24,26). The molecule has 134 valence electrons. The van der Waals surface area contributed by atoms with Crippen molar-refractivity contribution < 1.29 is 13.9 Å². The van der Waals surface area contributed by atoms with Gasteiger partial charge in [0.2, 0.25) is 5.91 Å². The molecule has 3 aromatic rings. The number of anilines is 1. The Hall–Kier alpha value is -3.59. The number of terminal acetylenes is 1. The molecule has 0 fully saturated rings. The summed E-state index contributed by atoms with van der Waals surface area (Å²) in [6, 6.07) is 13.8. The number of hydrogen-bond acceptors (Lipinski definition) is 3. The molecule has 1 aromatic heterocycles. The molecule has 1 unspecified atom stereocenters. The number of hydrogen-bond donors (Lipinski definition) is 1. The normalized spacial score (nSPS) is 15.6. The fourth-order valence-corrected chi connectivity index (χ4v) is 3.23. The third kappa shape index (κ3) is 3.15. The summed E-state index contributed by atoms with van der Waals surface area (Å²) in [5.41, 5.74) is 1.97. The van der Waals surface area contributed by atoms with Crippen LogP contribution in [0, 0.1) is 18.2 Å². The van der Waals surface area contributed by atoms with Crippen LogP contribution in [0.5, 0.6) is 5.75 Å². The molecule has 1 aliphatic heterocycles. The minimum atomic E-state index is -0.385. The Labute approximate surface area is 155 Å². The summed E-state index contributed by atoms with van der Waals surface area (Å²) in [6.07, 6.45) is 7.00. The number of carbonyl (C=O) groups is 1. The molecule has 5 nitrogen and oxygen atoms in total. The number of carbonyl (C=O) groups excluding carboxylic acids is 1. The third-order valence-corrected chi connectivity index (χ3v) is 4.49. The average Bonchev–Trinajstić information content (AvgIpc) is 3.10. The van der Waals surface area contributed by atoms with Gasteiger partial charge in [0.05, 0.1) is 11.4 Å². The third-order valence-electron chi connectivity index (χ3n) is 4.49. The number of nitrogens with zero attached hydrogens (tertiary/aromatic N) is 2. The second-order valence-corrected chi connectivity index (χ2v) is 6.17. The van der Waals surface area contributed by atoms with Gasteiger partial charge in [0.1, 0.15) is 30.3 Å². The predicted molar refractivity (Wildman–Crippen MR) is 99.4 cm³/mol. The van der Waals surface area contributed by atoms with E-state index in [1.54, 1.807) is 22.8 Å². The van der Waals surface area contributed by atoms with E-state index in [-0.39, 0.29) is 30.7 Å². The van der Waals surface area contributed by atoms with Gasteiger partial charge >= 0.3 is 0 Å². The highest BCUT2D eigenvalue weighted by atomic mass is 19.1. The van der Waals surface area contributed by atoms with Gasteiger partial charge < -0.3 is 10.1 Å². The summed E-state index contributed by atoms with van der Waals surface area (Å²) < 4.78 is 21.2. The molecular formula is C21H16FN3O2. The zero-order valence-electron chi connectivity index (χ0n) is 14.4. The van der Waals surface area contributed by atoms with Crippen LogP contribution in [-0.2, 0) is 4.79 Å². The molecule has 0 aliphatic carbocycles. The van der Waals surface area contributed by atoms with Crippen molar-refractivity contribution in [2.24, 2.45) is 0 Å². The van der Waals surface area contributed by atoms with Crippen LogP contribution >= 0.6 is 0 Å². The fraction of sp³-hybridized carbons (Fsp3) is 0.143. The van der Waals surface area contributed by atoms with Crippen molar-refractivity contribution in [3.8, 4) is 23.8 Å². The summed E-state index contributed by atoms with van der Waals surface area (Å²) in [4.78, 5) is 16.8. The first-order valence-corrected chi connectivity index (χ1v) is 8.45. The van der Waals surface area contributed by atoms with Crippen LogP contribution in [0.3, 0.4) is 0 Å². The van der Waals surface area contributed by atoms with Crippen molar-refractivity contribution in [2.45, 2.75) is 12.3 Å². The van der Waals surface area contributed by atoms with E-state index < -0.39 is 0 Å². The number of rotatable bonds is 4. The van der Waals surface area contributed by atoms with Crippen LogP contribution in [0.4, 0.5) is 10.2 Å². The number of halogens is 1. The smallest absolute Gasteiger partial charge is 0.226 e. The molecule has 27 heavy (non-hydrogen) atoms. The fourth-order valence-electron chi connectivity index (χ4n) is 3.23. The summed E-state index contributed by atoms with van der Waals surface area (Å²) >= 11 is 0. The second kappa shape index (κ2) is 6.96. The highest BCUT2D eigenvalue weighted by Crippen LogP contribution is 2.38. The Balaban J connectivity index is 1.71. The summed E-state index contributed by atoms with van der Waals surface area (Å²) in [7, 11) is 0. The summed E-state index contributed by atoms with van der Waals surface area (Å²) in [6.45, 7) is 0.197. The van der Waals surface area contributed by atoms with Crippen LogP contribution in [0.15, 0.2) is 54.9 Å². The molecule has 1 atom stereocenters. The van der Waals surface area contributed by atoms with E-state index >= 15 is 0 Å². The average molecular weight is 361 g/mol. The summed E-state index contributed by atoms with van der Waals surface area (Å²) in [5.74, 6) is 2.83. The van der Waals surface area contributed by atoms with Gasteiger partial charge in [-0.3, -0.25) is 9.36 Å². The quantitative estimate of drug-likeness (QED) is 0.724. The second-order valence-electron chi connectivity index (χ2n) is 6.17. The Bertz CT molecular complexity index is 1030. The van der Waals surface area contributed by atoms with Crippen molar-refractivity contribution in [3.05, 3.63) is 71.9 Å². The van der Waals surface area contributed by atoms with E-state index in [2.05, 4.69) is 16.2 Å². The van der Waals surface area contributed by atoms with Gasteiger partial charge in [-0.05, 0) is 29.8 Å². The first kappa shape index (κ1) is 16.9. The Kier molecular flexibility index (Phi) is 4.35. The highest BCUT2D eigenvalue weighted by Gasteiger charge is 2.31.